The van der Waals surface area contributed by atoms with Gasteiger partial charge in [0.15, 0.2) is 5.78 Å². The third-order valence-electron chi connectivity index (χ3n) is 4.98. The van der Waals surface area contributed by atoms with Gasteiger partial charge in [-0.1, -0.05) is 55.0 Å². The SMILES string of the molecule is CC(C)=CCC(C(=O)C(C)Cc1c[nH]c2ccccc12)S(=O)c1ccccc1. The lowest BCUT2D eigenvalue weighted by Gasteiger charge is -2.19. The van der Waals surface area contributed by atoms with Crippen LogP contribution in [0.15, 0.2) is 77.3 Å². The Morgan fingerprint density at radius 1 is 1.07 bits per heavy atom. The normalized spacial score (nSPS) is 14.4. The molecular weight excluding hydrogens is 366 g/mol. The number of rotatable bonds is 8. The van der Waals surface area contributed by atoms with Crippen LogP contribution in [0.25, 0.3) is 10.9 Å². The second-order valence-corrected chi connectivity index (χ2v) is 9.12. The quantitative estimate of drug-likeness (QED) is 0.518. The van der Waals surface area contributed by atoms with E-state index in [0.29, 0.717) is 17.7 Å². The molecule has 0 fully saturated rings. The van der Waals surface area contributed by atoms with Crippen LogP contribution in [0.4, 0.5) is 0 Å². The molecule has 2 aromatic carbocycles. The fourth-order valence-corrected chi connectivity index (χ4v) is 4.89. The Labute approximate surface area is 169 Å². The highest BCUT2D eigenvalue weighted by Crippen LogP contribution is 2.24. The number of fused-ring (bicyclic) bond motifs is 1. The van der Waals surface area contributed by atoms with Crippen LogP contribution in [0.5, 0.6) is 0 Å². The van der Waals surface area contributed by atoms with Gasteiger partial charge in [-0.15, -0.1) is 0 Å². The van der Waals surface area contributed by atoms with Gasteiger partial charge in [-0.25, -0.2) is 0 Å². The molecule has 28 heavy (non-hydrogen) atoms. The number of nitrogens with one attached hydrogen (secondary N) is 1. The van der Waals surface area contributed by atoms with Gasteiger partial charge in [0.2, 0.25) is 0 Å². The Balaban J connectivity index is 1.83. The third-order valence-corrected chi connectivity index (χ3v) is 6.66. The zero-order chi connectivity index (χ0) is 20.1. The minimum absolute atomic E-state index is 0.0602. The molecule has 0 amide bonds. The van der Waals surface area contributed by atoms with Crippen molar-refractivity contribution in [3.05, 3.63) is 78.0 Å². The molecule has 1 N–H and O–H groups in total. The largest absolute Gasteiger partial charge is 0.361 e. The van der Waals surface area contributed by atoms with E-state index in [1.54, 1.807) is 0 Å². The van der Waals surface area contributed by atoms with E-state index in [-0.39, 0.29) is 11.7 Å². The predicted molar refractivity (Wildman–Crippen MR) is 117 cm³/mol. The number of allylic oxidation sites excluding steroid dienone is 2. The number of para-hydroxylation sites is 1. The first-order valence-electron chi connectivity index (χ1n) is 9.65. The number of aromatic amines is 1. The summed E-state index contributed by atoms with van der Waals surface area (Å²) in [5.74, 6) is -0.146. The summed E-state index contributed by atoms with van der Waals surface area (Å²) < 4.78 is 13.2. The number of benzene rings is 2. The standard InChI is InChI=1S/C24H27NO2S/c1-17(2)13-14-23(28(27)20-9-5-4-6-10-20)24(26)18(3)15-19-16-25-22-12-8-7-11-21(19)22/h4-13,16,18,23,25H,14-15H2,1-3H3. The first kappa shape index (κ1) is 20.3. The van der Waals surface area contributed by atoms with Gasteiger partial charge >= 0.3 is 0 Å². The van der Waals surface area contributed by atoms with Gasteiger partial charge in [-0.3, -0.25) is 9.00 Å². The van der Waals surface area contributed by atoms with E-state index < -0.39 is 16.0 Å². The Hall–Kier alpha value is -2.46. The molecule has 3 nitrogen and oxygen atoms in total. The molecule has 3 atom stereocenters. The lowest BCUT2D eigenvalue weighted by molar-refractivity contribution is -0.121. The zero-order valence-corrected chi connectivity index (χ0v) is 17.5. The highest BCUT2D eigenvalue weighted by molar-refractivity contribution is 7.86. The average Bonchev–Trinajstić information content (AvgIpc) is 3.11. The second-order valence-electron chi connectivity index (χ2n) is 7.48. The van der Waals surface area contributed by atoms with Crippen LogP contribution in [0.2, 0.25) is 0 Å². The van der Waals surface area contributed by atoms with Gasteiger partial charge in [-0.2, -0.15) is 0 Å². The maximum Gasteiger partial charge on any atom is 0.152 e. The van der Waals surface area contributed by atoms with E-state index in [1.165, 1.54) is 0 Å². The minimum atomic E-state index is -1.37. The van der Waals surface area contributed by atoms with Crippen LogP contribution < -0.4 is 0 Å². The molecule has 0 spiro atoms. The zero-order valence-electron chi connectivity index (χ0n) is 16.6. The van der Waals surface area contributed by atoms with Crippen molar-refractivity contribution >= 4 is 27.5 Å². The highest BCUT2D eigenvalue weighted by Gasteiger charge is 2.29. The molecule has 4 heteroatoms. The summed E-state index contributed by atoms with van der Waals surface area (Å²) in [4.78, 5) is 17.3. The molecule has 0 saturated heterocycles. The number of Topliss-reactive ketones (excluding diaryl/α,β-unsaturated/α-hetero) is 1. The number of aromatic nitrogens is 1. The van der Waals surface area contributed by atoms with Gasteiger partial charge in [0.05, 0.1) is 10.8 Å². The van der Waals surface area contributed by atoms with Crippen LogP contribution in [0.3, 0.4) is 0 Å². The van der Waals surface area contributed by atoms with Gasteiger partial charge in [0.1, 0.15) is 5.25 Å². The number of carbonyl (C=O) groups excluding carboxylic acids is 1. The lowest BCUT2D eigenvalue weighted by atomic mass is 9.94. The fourth-order valence-electron chi connectivity index (χ4n) is 3.42. The van der Waals surface area contributed by atoms with Crippen LogP contribution in [0, 0.1) is 5.92 Å². The molecule has 0 aliphatic heterocycles. The number of ketones is 1. The molecule has 0 saturated carbocycles. The summed E-state index contributed by atoms with van der Waals surface area (Å²) in [6.07, 6.45) is 5.14. The summed E-state index contributed by atoms with van der Waals surface area (Å²) in [5, 5.41) is 0.615. The first-order valence-corrected chi connectivity index (χ1v) is 10.9. The van der Waals surface area contributed by atoms with Gasteiger partial charge in [0.25, 0.3) is 0 Å². The smallest absolute Gasteiger partial charge is 0.152 e. The summed E-state index contributed by atoms with van der Waals surface area (Å²) >= 11 is 0. The molecule has 1 aromatic heterocycles. The van der Waals surface area contributed by atoms with Gasteiger partial charge < -0.3 is 4.98 Å². The number of hydrogen-bond acceptors (Lipinski definition) is 2. The second kappa shape index (κ2) is 9.16. The molecule has 3 aromatic rings. The van der Waals surface area contributed by atoms with E-state index in [2.05, 4.69) is 11.1 Å². The van der Waals surface area contributed by atoms with Crippen molar-refractivity contribution < 1.29 is 9.00 Å². The van der Waals surface area contributed by atoms with Gasteiger partial charge in [0, 0.05) is 27.9 Å². The molecule has 0 bridgehead atoms. The fraction of sp³-hybridized carbons (Fsp3) is 0.292. The summed E-state index contributed by atoms with van der Waals surface area (Å²) in [6.45, 7) is 5.95. The van der Waals surface area contributed by atoms with Crippen LogP contribution in [0.1, 0.15) is 32.8 Å². The predicted octanol–water partition coefficient (Wildman–Crippen LogP) is 5.45. The molecule has 0 radical (unpaired) electrons. The summed E-state index contributed by atoms with van der Waals surface area (Å²) in [6, 6.07) is 17.4. The van der Waals surface area contributed by atoms with E-state index in [4.69, 9.17) is 0 Å². The molecule has 3 rings (SSSR count). The van der Waals surface area contributed by atoms with E-state index >= 15 is 0 Å². The molecule has 0 aliphatic carbocycles. The van der Waals surface area contributed by atoms with E-state index in [1.807, 2.05) is 81.6 Å². The van der Waals surface area contributed by atoms with Crippen LogP contribution >= 0.6 is 0 Å². The van der Waals surface area contributed by atoms with Gasteiger partial charge in [-0.05, 0) is 50.5 Å². The maximum atomic E-state index is 13.3. The lowest BCUT2D eigenvalue weighted by Crippen LogP contribution is -2.31. The minimum Gasteiger partial charge on any atom is -0.361 e. The number of carbonyl (C=O) groups is 1. The number of H-pyrrole nitrogens is 1. The average molecular weight is 394 g/mol. The molecule has 3 unspecified atom stereocenters. The van der Waals surface area contributed by atoms with Crippen molar-refractivity contribution in [2.24, 2.45) is 5.92 Å². The van der Waals surface area contributed by atoms with Crippen molar-refractivity contribution in [3.63, 3.8) is 0 Å². The van der Waals surface area contributed by atoms with Crippen molar-refractivity contribution in [2.45, 2.75) is 43.8 Å². The summed E-state index contributed by atoms with van der Waals surface area (Å²) in [5.41, 5.74) is 3.33. The van der Waals surface area contributed by atoms with Crippen LogP contribution in [-0.4, -0.2) is 20.2 Å². The Morgan fingerprint density at radius 3 is 2.46 bits per heavy atom. The molecule has 146 valence electrons. The Kier molecular flexibility index (Phi) is 6.63. The molecular formula is C24H27NO2S. The monoisotopic (exact) mass is 393 g/mol. The van der Waals surface area contributed by atoms with Crippen molar-refractivity contribution in [1.82, 2.24) is 4.98 Å². The van der Waals surface area contributed by atoms with E-state index in [9.17, 15) is 9.00 Å². The van der Waals surface area contributed by atoms with Crippen LogP contribution in [-0.2, 0) is 22.0 Å². The van der Waals surface area contributed by atoms with Crippen molar-refractivity contribution in [1.29, 1.82) is 0 Å². The van der Waals surface area contributed by atoms with Crippen molar-refractivity contribution in [3.8, 4) is 0 Å². The van der Waals surface area contributed by atoms with E-state index in [0.717, 1.165) is 22.0 Å². The third kappa shape index (κ3) is 4.68. The maximum absolute atomic E-state index is 13.3. The topological polar surface area (TPSA) is 49.9 Å². The first-order chi connectivity index (χ1) is 13.5. The molecule has 0 aliphatic rings. The Bertz CT molecular complexity index is 1000. The van der Waals surface area contributed by atoms with Crippen molar-refractivity contribution in [2.75, 3.05) is 0 Å². The highest BCUT2D eigenvalue weighted by atomic mass is 32.2. The molecule has 1 heterocycles. The Morgan fingerprint density at radius 2 is 1.75 bits per heavy atom. The number of hydrogen-bond donors (Lipinski definition) is 1. The summed E-state index contributed by atoms with van der Waals surface area (Å²) in [7, 11) is -1.37.